The summed E-state index contributed by atoms with van der Waals surface area (Å²) in [6, 6.07) is -0.244. The summed E-state index contributed by atoms with van der Waals surface area (Å²) in [6.07, 6.45) is 1.74. The third-order valence-electron chi connectivity index (χ3n) is 1.49. The van der Waals surface area contributed by atoms with Crippen molar-refractivity contribution >= 4 is 16.0 Å². The Labute approximate surface area is 83.9 Å². The van der Waals surface area contributed by atoms with Crippen molar-refractivity contribution in [1.82, 2.24) is 4.72 Å². The smallest absolute Gasteiger partial charge is 0.304 e. The van der Waals surface area contributed by atoms with E-state index in [2.05, 4.69) is 11.3 Å². The van der Waals surface area contributed by atoms with Crippen molar-refractivity contribution in [3.63, 3.8) is 0 Å². The molecule has 0 radical (unpaired) electrons. The second-order valence-electron chi connectivity index (χ2n) is 3.01. The summed E-state index contributed by atoms with van der Waals surface area (Å²) in [7, 11) is -3.48. The molecular formula is C8H15NO4S. The number of hydrogen-bond donors (Lipinski definition) is 2. The highest BCUT2D eigenvalue weighted by molar-refractivity contribution is 7.89. The summed E-state index contributed by atoms with van der Waals surface area (Å²) in [5, 5.41) is 8.31. The molecule has 0 aromatic rings. The largest absolute Gasteiger partial charge is 0.481 e. The quantitative estimate of drug-likeness (QED) is 0.607. The molecule has 2 N–H and O–H groups in total. The minimum atomic E-state index is -3.48. The molecular weight excluding hydrogens is 206 g/mol. The van der Waals surface area contributed by atoms with E-state index >= 15 is 0 Å². The number of sulfonamides is 1. The first kappa shape index (κ1) is 13.1. The first-order valence-electron chi connectivity index (χ1n) is 4.20. The monoisotopic (exact) mass is 221 g/mol. The Morgan fingerprint density at radius 2 is 2.21 bits per heavy atom. The lowest BCUT2D eigenvalue weighted by molar-refractivity contribution is -0.136. The SMILES string of the molecule is C=CCC(C)NS(=O)(=O)CCC(=O)O. The average Bonchev–Trinajstić information content (AvgIpc) is 2.00. The number of rotatable bonds is 7. The van der Waals surface area contributed by atoms with Crippen LogP contribution >= 0.6 is 0 Å². The van der Waals surface area contributed by atoms with E-state index in [4.69, 9.17) is 5.11 Å². The Morgan fingerprint density at radius 1 is 1.64 bits per heavy atom. The lowest BCUT2D eigenvalue weighted by Crippen LogP contribution is -2.34. The molecule has 0 fully saturated rings. The number of carbonyl (C=O) groups is 1. The van der Waals surface area contributed by atoms with Crippen LogP contribution < -0.4 is 4.72 Å². The normalized spacial score (nSPS) is 13.5. The Bertz CT molecular complexity index is 296. The standard InChI is InChI=1S/C8H15NO4S/c1-3-4-7(2)9-14(12,13)6-5-8(10)11/h3,7,9H,1,4-6H2,2H3,(H,10,11). The van der Waals surface area contributed by atoms with Gasteiger partial charge in [-0.2, -0.15) is 0 Å². The molecule has 0 aliphatic heterocycles. The molecule has 0 amide bonds. The molecule has 0 rings (SSSR count). The Morgan fingerprint density at radius 3 is 2.64 bits per heavy atom. The van der Waals surface area contributed by atoms with Crippen LogP contribution in [0, 0.1) is 0 Å². The van der Waals surface area contributed by atoms with Crippen LogP contribution in [0.15, 0.2) is 12.7 Å². The van der Waals surface area contributed by atoms with Crippen LogP contribution in [0.2, 0.25) is 0 Å². The zero-order valence-corrected chi connectivity index (χ0v) is 8.88. The molecule has 0 bridgehead atoms. The Hall–Kier alpha value is -0.880. The molecule has 1 unspecified atom stereocenters. The van der Waals surface area contributed by atoms with Crippen molar-refractivity contribution in [1.29, 1.82) is 0 Å². The molecule has 0 saturated carbocycles. The zero-order valence-electron chi connectivity index (χ0n) is 8.06. The van der Waals surface area contributed by atoms with Crippen LogP contribution in [-0.2, 0) is 14.8 Å². The van der Waals surface area contributed by atoms with Crippen LogP contribution in [0.3, 0.4) is 0 Å². The Balaban J connectivity index is 4.07. The van der Waals surface area contributed by atoms with Crippen LogP contribution in [-0.4, -0.2) is 31.3 Å². The van der Waals surface area contributed by atoms with Crippen molar-refractivity contribution in [3.05, 3.63) is 12.7 Å². The van der Waals surface area contributed by atoms with Crippen molar-refractivity contribution in [3.8, 4) is 0 Å². The van der Waals surface area contributed by atoms with Gasteiger partial charge in [0.25, 0.3) is 0 Å². The average molecular weight is 221 g/mol. The molecule has 0 aliphatic rings. The van der Waals surface area contributed by atoms with Crippen molar-refractivity contribution in [2.45, 2.75) is 25.8 Å². The predicted molar refractivity (Wildman–Crippen MR) is 53.5 cm³/mol. The molecule has 14 heavy (non-hydrogen) atoms. The van der Waals surface area contributed by atoms with Gasteiger partial charge in [0.1, 0.15) is 0 Å². The highest BCUT2D eigenvalue weighted by atomic mass is 32.2. The molecule has 5 nitrogen and oxygen atoms in total. The number of carboxylic acid groups (broad SMARTS) is 1. The van der Waals surface area contributed by atoms with Gasteiger partial charge in [-0.05, 0) is 13.3 Å². The summed E-state index contributed by atoms with van der Waals surface area (Å²) < 4.78 is 24.8. The molecule has 0 aliphatic carbocycles. The van der Waals surface area contributed by atoms with Gasteiger partial charge in [-0.25, -0.2) is 13.1 Å². The van der Waals surface area contributed by atoms with E-state index in [9.17, 15) is 13.2 Å². The van der Waals surface area contributed by atoms with Crippen molar-refractivity contribution in [2.75, 3.05) is 5.75 Å². The molecule has 0 heterocycles. The summed E-state index contributed by atoms with van der Waals surface area (Å²) in [4.78, 5) is 10.1. The fraction of sp³-hybridized carbons (Fsp3) is 0.625. The molecule has 0 spiro atoms. The van der Waals surface area contributed by atoms with Gasteiger partial charge in [-0.3, -0.25) is 4.79 Å². The van der Waals surface area contributed by atoms with Crippen LogP contribution in [0.25, 0.3) is 0 Å². The number of nitrogens with one attached hydrogen (secondary N) is 1. The van der Waals surface area contributed by atoms with Gasteiger partial charge in [0.15, 0.2) is 0 Å². The van der Waals surface area contributed by atoms with Gasteiger partial charge in [0.2, 0.25) is 10.0 Å². The van der Waals surface area contributed by atoms with Crippen molar-refractivity contribution < 1.29 is 18.3 Å². The van der Waals surface area contributed by atoms with Gasteiger partial charge in [-0.1, -0.05) is 6.08 Å². The summed E-state index contributed by atoms with van der Waals surface area (Å²) in [6.45, 7) is 5.17. The second kappa shape index (κ2) is 5.77. The number of hydrogen-bond acceptors (Lipinski definition) is 3. The highest BCUT2D eigenvalue weighted by Gasteiger charge is 2.14. The topological polar surface area (TPSA) is 83.5 Å². The first-order valence-corrected chi connectivity index (χ1v) is 5.85. The minimum Gasteiger partial charge on any atom is -0.481 e. The minimum absolute atomic E-state index is 0.244. The van der Waals surface area contributed by atoms with Gasteiger partial charge in [0.05, 0.1) is 12.2 Å². The second-order valence-corrected chi connectivity index (χ2v) is 4.88. The molecule has 1 atom stereocenters. The lowest BCUT2D eigenvalue weighted by Gasteiger charge is -2.11. The van der Waals surface area contributed by atoms with Crippen LogP contribution in [0.1, 0.15) is 19.8 Å². The summed E-state index contributed by atoms with van der Waals surface area (Å²) in [5.41, 5.74) is 0. The van der Waals surface area contributed by atoms with E-state index in [-0.39, 0.29) is 18.2 Å². The summed E-state index contributed by atoms with van der Waals surface area (Å²) >= 11 is 0. The van der Waals surface area contributed by atoms with Gasteiger partial charge < -0.3 is 5.11 Å². The van der Waals surface area contributed by atoms with Crippen molar-refractivity contribution in [2.24, 2.45) is 0 Å². The lowest BCUT2D eigenvalue weighted by atomic mass is 10.3. The van der Waals surface area contributed by atoms with Gasteiger partial charge >= 0.3 is 5.97 Å². The maximum atomic E-state index is 11.2. The van der Waals surface area contributed by atoms with E-state index in [1.807, 2.05) is 0 Å². The van der Waals surface area contributed by atoms with Crippen LogP contribution in [0.4, 0.5) is 0 Å². The maximum absolute atomic E-state index is 11.2. The van der Waals surface area contributed by atoms with E-state index in [0.29, 0.717) is 6.42 Å². The summed E-state index contributed by atoms with van der Waals surface area (Å²) in [5.74, 6) is -1.50. The molecule has 82 valence electrons. The molecule has 0 aromatic carbocycles. The fourth-order valence-electron chi connectivity index (χ4n) is 0.885. The maximum Gasteiger partial charge on any atom is 0.304 e. The Kier molecular flexibility index (Phi) is 5.40. The van der Waals surface area contributed by atoms with Crippen LogP contribution in [0.5, 0.6) is 0 Å². The van der Waals surface area contributed by atoms with E-state index < -0.39 is 16.0 Å². The number of aliphatic carboxylic acids is 1. The molecule has 0 saturated heterocycles. The fourth-order valence-corrected chi connectivity index (χ4v) is 2.16. The highest BCUT2D eigenvalue weighted by Crippen LogP contribution is 1.96. The van der Waals surface area contributed by atoms with E-state index in [1.165, 1.54) is 0 Å². The predicted octanol–water partition coefficient (Wildman–Crippen LogP) is 0.345. The van der Waals surface area contributed by atoms with Gasteiger partial charge in [-0.15, -0.1) is 6.58 Å². The first-order chi connectivity index (χ1) is 6.37. The van der Waals surface area contributed by atoms with E-state index in [1.54, 1.807) is 13.0 Å². The third kappa shape index (κ3) is 6.62. The molecule has 6 heteroatoms. The zero-order chi connectivity index (χ0) is 11.2. The van der Waals surface area contributed by atoms with Gasteiger partial charge in [0, 0.05) is 6.04 Å². The van der Waals surface area contributed by atoms with E-state index in [0.717, 1.165) is 0 Å². The molecule has 0 aromatic heterocycles. The number of carboxylic acids is 1. The third-order valence-corrected chi connectivity index (χ3v) is 2.99.